The van der Waals surface area contributed by atoms with E-state index in [4.69, 9.17) is 9.47 Å². The highest BCUT2D eigenvalue weighted by molar-refractivity contribution is 5.86. The van der Waals surface area contributed by atoms with E-state index in [1.165, 1.54) is 11.6 Å². The SMILES string of the molecule is C=CCN1CC[C@]23c4c5ccc(OC)c4O[C@H]2c2[nH]c4ccc(F)cc4c2C[C@@]3(O)[C@H]1C5. The molecule has 32 heavy (non-hydrogen) atoms. The Hall–Kier alpha value is -2.83. The van der Waals surface area contributed by atoms with E-state index in [-0.39, 0.29) is 18.0 Å². The molecule has 164 valence electrons. The van der Waals surface area contributed by atoms with E-state index >= 15 is 0 Å². The molecule has 1 spiro atoms. The van der Waals surface area contributed by atoms with Gasteiger partial charge in [0.2, 0.25) is 0 Å². The third-order valence-electron chi connectivity index (χ3n) is 8.50. The number of aromatic nitrogens is 1. The highest BCUT2D eigenvalue weighted by Gasteiger charge is 2.72. The van der Waals surface area contributed by atoms with Crippen molar-refractivity contribution >= 4 is 10.9 Å². The summed E-state index contributed by atoms with van der Waals surface area (Å²) in [6.45, 7) is 5.53. The zero-order valence-corrected chi connectivity index (χ0v) is 18.0. The van der Waals surface area contributed by atoms with Crippen LogP contribution in [0.4, 0.5) is 4.39 Å². The largest absolute Gasteiger partial charge is 0.493 e. The van der Waals surface area contributed by atoms with Gasteiger partial charge < -0.3 is 19.6 Å². The minimum absolute atomic E-state index is 0.0705. The van der Waals surface area contributed by atoms with Crippen LogP contribution in [0, 0.1) is 5.82 Å². The van der Waals surface area contributed by atoms with Gasteiger partial charge in [-0.2, -0.15) is 0 Å². The number of ether oxygens (including phenoxy) is 2. The summed E-state index contributed by atoms with van der Waals surface area (Å²) in [7, 11) is 1.66. The topological polar surface area (TPSA) is 57.7 Å². The number of aromatic amines is 1. The Morgan fingerprint density at radius 2 is 2.25 bits per heavy atom. The van der Waals surface area contributed by atoms with Crippen molar-refractivity contribution in [3.05, 3.63) is 71.2 Å². The van der Waals surface area contributed by atoms with E-state index in [0.29, 0.717) is 12.2 Å². The van der Waals surface area contributed by atoms with Crippen LogP contribution in [0.25, 0.3) is 10.9 Å². The maximum Gasteiger partial charge on any atom is 0.166 e. The summed E-state index contributed by atoms with van der Waals surface area (Å²) in [6.07, 6.45) is 3.51. The van der Waals surface area contributed by atoms with Crippen molar-refractivity contribution in [2.24, 2.45) is 0 Å². The predicted octanol–water partition coefficient (Wildman–Crippen LogP) is 3.79. The second-order valence-corrected chi connectivity index (χ2v) is 9.66. The van der Waals surface area contributed by atoms with Crippen LogP contribution in [0.2, 0.25) is 0 Å². The number of rotatable bonds is 3. The van der Waals surface area contributed by atoms with Crippen LogP contribution in [-0.2, 0) is 18.3 Å². The normalized spacial score (nSPS) is 31.7. The van der Waals surface area contributed by atoms with Crippen LogP contribution < -0.4 is 9.47 Å². The summed E-state index contributed by atoms with van der Waals surface area (Å²) in [5.41, 5.74) is 3.50. The third-order valence-corrected chi connectivity index (χ3v) is 8.50. The summed E-state index contributed by atoms with van der Waals surface area (Å²) in [5.74, 6) is 1.18. The van der Waals surface area contributed by atoms with Gasteiger partial charge in [-0.15, -0.1) is 6.58 Å². The molecule has 1 saturated heterocycles. The number of likely N-dealkylation sites (tertiary alicyclic amines) is 1. The molecule has 1 fully saturated rings. The van der Waals surface area contributed by atoms with Crippen molar-refractivity contribution < 1.29 is 19.0 Å². The molecule has 7 rings (SSSR count). The van der Waals surface area contributed by atoms with E-state index in [9.17, 15) is 9.50 Å². The Bertz CT molecular complexity index is 1320. The van der Waals surface area contributed by atoms with Gasteiger partial charge in [0, 0.05) is 42.0 Å². The molecule has 3 aromatic rings. The molecule has 6 heteroatoms. The Morgan fingerprint density at radius 3 is 3.06 bits per heavy atom. The second-order valence-electron chi connectivity index (χ2n) is 9.66. The maximum absolute atomic E-state index is 14.2. The van der Waals surface area contributed by atoms with E-state index in [1.54, 1.807) is 19.2 Å². The number of H-pyrrole nitrogens is 1. The molecule has 2 bridgehead atoms. The molecular weight excluding hydrogens is 407 g/mol. The lowest BCUT2D eigenvalue weighted by Crippen LogP contribution is -2.74. The summed E-state index contributed by atoms with van der Waals surface area (Å²) >= 11 is 0. The van der Waals surface area contributed by atoms with Gasteiger partial charge >= 0.3 is 0 Å². The maximum atomic E-state index is 14.2. The Labute approximate surface area is 185 Å². The lowest BCUT2D eigenvalue weighted by atomic mass is 9.49. The van der Waals surface area contributed by atoms with Gasteiger partial charge in [-0.25, -0.2) is 4.39 Å². The molecule has 0 amide bonds. The first kappa shape index (κ1) is 18.7. The number of hydrogen-bond donors (Lipinski definition) is 2. The third kappa shape index (κ3) is 1.93. The lowest BCUT2D eigenvalue weighted by Gasteiger charge is -2.62. The highest BCUT2D eigenvalue weighted by atomic mass is 19.1. The molecule has 1 aromatic heterocycles. The molecule has 4 aliphatic rings. The molecule has 0 radical (unpaired) electrons. The number of nitrogens with one attached hydrogen (secondary N) is 1. The fourth-order valence-electron chi connectivity index (χ4n) is 7.28. The molecule has 5 nitrogen and oxygen atoms in total. The van der Waals surface area contributed by atoms with Crippen LogP contribution in [0.1, 0.15) is 34.9 Å². The molecule has 2 aliphatic carbocycles. The van der Waals surface area contributed by atoms with Crippen LogP contribution in [0.5, 0.6) is 11.5 Å². The number of hydrogen-bond acceptors (Lipinski definition) is 4. The van der Waals surface area contributed by atoms with Crippen molar-refractivity contribution in [2.75, 3.05) is 20.2 Å². The van der Waals surface area contributed by atoms with Gasteiger partial charge in [0.25, 0.3) is 0 Å². The molecule has 0 unspecified atom stereocenters. The number of benzene rings is 2. The van der Waals surface area contributed by atoms with Crippen molar-refractivity contribution in [3.8, 4) is 11.5 Å². The molecule has 2 N–H and O–H groups in total. The fraction of sp³-hybridized carbons (Fsp3) is 0.385. The Morgan fingerprint density at radius 1 is 1.38 bits per heavy atom. The molecule has 4 atom stereocenters. The summed E-state index contributed by atoms with van der Waals surface area (Å²) in [4.78, 5) is 5.88. The van der Waals surface area contributed by atoms with Crippen molar-refractivity contribution in [1.29, 1.82) is 0 Å². The van der Waals surface area contributed by atoms with Crippen molar-refractivity contribution in [3.63, 3.8) is 0 Å². The van der Waals surface area contributed by atoms with Crippen LogP contribution >= 0.6 is 0 Å². The van der Waals surface area contributed by atoms with E-state index in [0.717, 1.165) is 59.4 Å². The number of piperidine rings is 1. The van der Waals surface area contributed by atoms with Crippen LogP contribution in [-0.4, -0.2) is 46.8 Å². The van der Waals surface area contributed by atoms with Crippen molar-refractivity contribution in [1.82, 2.24) is 9.88 Å². The average Bonchev–Trinajstić information content (AvgIpc) is 3.30. The summed E-state index contributed by atoms with van der Waals surface area (Å²) in [6, 6.07) is 8.85. The minimum atomic E-state index is -1.04. The van der Waals surface area contributed by atoms with Crippen molar-refractivity contribution in [2.45, 2.75) is 42.4 Å². The standard InChI is InChI=1S/C26H25FN2O3/c1-3-9-29-10-8-25-21-14-4-7-19(31-2)23(21)32-24(25)22-17(13-26(25,30)20(29)11-14)16-12-15(27)5-6-18(16)28-22/h3-7,12,20,24,28,30H,1,8-11,13H2,2H3/t20-,24+,25+,26-/m1/s1. The van der Waals surface area contributed by atoms with Gasteiger partial charge in [-0.05, 0) is 48.2 Å². The first-order valence-corrected chi connectivity index (χ1v) is 11.3. The average molecular weight is 432 g/mol. The number of fused-ring (bicyclic) bond motifs is 4. The zero-order chi connectivity index (χ0) is 21.8. The monoisotopic (exact) mass is 432 g/mol. The van der Waals surface area contributed by atoms with Crippen LogP contribution in [0.3, 0.4) is 0 Å². The summed E-state index contributed by atoms with van der Waals surface area (Å²) < 4.78 is 26.6. The second kappa shape index (κ2) is 5.94. The first-order chi connectivity index (χ1) is 15.5. The van der Waals surface area contributed by atoms with Gasteiger partial charge in [-0.3, -0.25) is 4.90 Å². The Balaban J connectivity index is 1.56. The Kier molecular flexibility index (Phi) is 3.47. The van der Waals surface area contributed by atoms with E-state index in [2.05, 4.69) is 22.5 Å². The zero-order valence-electron chi connectivity index (χ0n) is 18.0. The van der Waals surface area contributed by atoms with Gasteiger partial charge in [-0.1, -0.05) is 12.1 Å². The molecule has 2 aromatic carbocycles. The highest BCUT2D eigenvalue weighted by Crippen LogP contribution is 2.69. The molecule has 0 saturated carbocycles. The smallest absolute Gasteiger partial charge is 0.166 e. The molecule has 3 heterocycles. The molecular formula is C26H25FN2O3. The van der Waals surface area contributed by atoms with E-state index in [1.807, 2.05) is 12.1 Å². The first-order valence-electron chi connectivity index (χ1n) is 11.3. The van der Waals surface area contributed by atoms with E-state index < -0.39 is 11.0 Å². The lowest BCUT2D eigenvalue weighted by molar-refractivity contribution is -0.170. The fourth-order valence-corrected chi connectivity index (χ4v) is 7.28. The minimum Gasteiger partial charge on any atom is -0.493 e. The van der Waals surface area contributed by atoms with Gasteiger partial charge in [0.1, 0.15) is 5.82 Å². The summed E-state index contributed by atoms with van der Waals surface area (Å²) in [5, 5.41) is 13.5. The van der Waals surface area contributed by atoms with Gasteiger partial charge in [0.15, 0.2) is 17.6 Å². The predicted molar refractivity (Wildman–Crippen MR) is 119 cm³/mol. The van der Waals surface area contributed by atoms with Crippen LogP contribution in [0.15, 0.2) is 43.0 Å². The quantitative estimate of drug-likeness (QED) is 0.619. The number of nitrogens with zero attached hydrogens (tertiary/aromatic N) is 1. The number of methoxy groups -OCH3 is 1. The molecule has 2 aliphatic heterocycles. The number of aliphatic hydroxyl groups is 1. The number of halogens is 1. The van der Waals surface area contributed by atoms with Gasteiger partial charge in [0.05, 0.1) is 23.8 Å².